The van der Waals surface area contributed by atoms with Crippen LogP contribution in [0.15, 0.2) is 0 Å². The van der Waals surface area contributed by atoms with E-state index < -0.39 is 0 Å². The number of rotatable bonds is 5. The van der Waals surface area contributed by atoms with E-state index in [4.69, 9.17) is 4.74 Å². The van der Waals surface area contributed by atoms with Gasteiger partial charge in [0.05, 0.1) is 12.2 Å². The van der Waals surface area contributed by atoms with Crippen molar-refractivity contribution in [3.63, 3.8) is 0 Å². The zero-order valence-electron chi connectivity index (χ0n) is 15.1. The molecule has 2 fully saturated rings. The molecule has 0 radical (unpaired) electrons. The second-order valence-corrected chi connectivity index (χ2v) is 8.00. The monoisotopic (exact) mass is 386 g/mol. The molecule has 5 nitrogen and oxygen atoms in total. The normalized spacial score (nSPS) is 20.7. The van der Waals surface area contributed by atoms with E-state index in [1.54, 1.807) is 6.92 Å². The lowest BCUT2D eigenvalue weighted by molar-refractivity contribution is -0.118. The Balaban J connectivity index is 0.00000225. The first-order valence-corrected chi connectivity index (χ1v) is 9.65. The van der Waals surface area contributed by atoms with E-state index in [2.05, 4.69) is 10.6 Å². The minimum absolute atomic E-state index is 0. The third-order valence-electron chi connectivity index (χ3n) is 5.38. The van der Waals surface area contributed by atoms with Crippen molar-refractivity contribution in [2.24, 2.45) is 11.3 Å². The van der Waals surface area contributed by atoms with Crippen molar-refractivity contribution in [1.82, 2.24) is 5.32 Å². The minimum atomic E-state index is -0.332. The van der Waals surface area contributed by atoms with Crippen LogP contribution in [0.5, 0.6) is 0 Å². The van der Waals surface area contributed by atoms with E-state index in [1.807, 2.05) is 13.8 Å². The van der Waals surface area contributed by atoms with Crippen LogP contribution in [0.1, 0.15) is 53.9 Å². The summed E-state index contributed by atoms with van der Waals surface area (Å²) in [5, 5.41) is 7.05. The quantitative estimate of drug-likeness (QED) is 0.759. The van der Waals surface area contributed by atoms with E-state index in [1.165, 1.54) is 11.3 Å². The lowest BCUT2D eigenvalue weighted by atomic mass is 9.92. The zero-order valence-corrected chi connectivity index (χ0v) is 16.7. The van der Waals surface area contributed by atoms with Crippen LogP contribution in [0.2, 0.25) is 0 Å². The Labute approximate surface area is 159 Å². The Morgan fingerprint density at radius 1 is 1.32 bits per heavy atom. The maximum atomic E-state index is 12.7. The topological polar surface area (TPSA) is 67.4 Å². The van der Waals surface area contributed by atoms with Gasteiger partial charge in [-0.3, -0.25) is 4.79 Å². The standard InChI is InChI=1S/C18H26N2O3S.ClH/c1-4-12-11(3)24-16(14(12)17(22)23-5-2)20-15(21)13-10-18(13)6-8-19-9-7-18;/h13,19H,4-10H2,1-3H3,(H,20,21);1H. The summed E-state index contributed by atoms with van der Waals surface area (Å²) in [6, 6.07) is 0. The van der Waals surface area contributed by atoms with Gasteiger partial charge in [-0.2, -0.15) is 0 Å². The number of halogens is 1. The van der Waals surface area contributed by atoms with Gasteiger partial charge in [-0.1, -0.05) is 6.92 Å². The molecule has 1 aliphatic heterocycles. The SMILES string of the molecule is CCOC(=O)c1c(NC(=O)C2CC23CCNCC3)sc(C)c1CC.Cl. The summed E-state index contributed by atoms with van der Waals surface area (Å²) in [4.78, 5) is 26.1. The smallest absolute Gasteiger partial charge is 0.341 e. The number of carbonyl (C=O) groups is 2. The van der Waals surface area contributed by atoms with Crippen LogP contribution in [0.3, 0.4) is 0 Å². The molecule has 1 amide bonds. The van der Waals surface area contributed by atoms with Gasteiger partial charge in [0.15, 0.2) is 0 Å². The van der Waals surface area contributed by atoms with Crippen molar-refractivity contribution in [3.05, 3.63) is 16.0 Å². The van der Waals surface area contributed by atoms with Crippen molar-refractivity contribution in [1.29, 1.82) is 0 Å². The first-order valence-electron chi connectivity index (χ1n) is 8.83. The first kappa shape index (κ1) is 20.2. The summed E-state index contributed by atoms with van der Waals surface area (Å²) in [5.74, 6) is -0.185. The van der Waals surface area contributed by atoms with Crippen molar-refractivity contribution in [3.8, 4) is 0 Å². The second kappa shape index (κ2) is 8.06. The Hall–Kier alpha value is -1.11. The van der Waals surface area contributed by atoms with E-state index >= 15 is 0 Å². The number of anilines is 1. The molecule has 1 spiro atoms. The fourth-order valence-electron chi connectivity index (χ4n) is 3.91. The molecule has 1 aliphatic carbocycles. The van der Waals surface area contributed by atoms with E-state index in [9.17, 15) is 9.59 Å². The highest BCUT2D eigenvalue weighted by Crippen LogP contribution is 2.59. The number of amides is 1. The number of hydrogen-bond donors (Lipinski definition) is 2. The third-order valence-corrected chi connectivity index (χ3v) is 6.45. The van der Waals surface area contributed by atoms with E-state index in [0.717, 1.165) is 49.2 Å². The third kappa shape index (κ3) is 3.86. The van der Waals surface area contributed by atoms with Crippen LogP contribution in [-0.4, -0.2) is 31.6 Å². The summed E-state index contributed by atoms with van der Waals surface area (Å²) in [7, 11) is 0. The largest absolute Gasteiger partial charge is 0.462 e. The number of ether oxygens (including phenoxy) is 1. The van der Waals surface area contributed by atoms with Crippen molar-refractivity contribution >= 4 is 40.6 Å². The van der Waals surface area contributed by atoms with Crippen molar-refractivity contribution in [2.75, 3.05) is 25.0 Å². The zero-order chi connectivity index (χ0) is 17.3. The number of hydrogen-bond acceptors (Lipinski definition) is 5. The van der Waals surface area contributed by atoms with E-state index in [0.29, 0.717) is 17.2 Å². The van der Waals surface area contributed by atoms with Crippen LogP contribution in [0, 0.1) is 18.3 Å². The number of carbonyl (C=O) groups excluding carboxylic acids is 2. The fourth-order valence-corrected chi connectivity index (χ4v) is 5.04. The summed E-state index contributed by atoms with van der Waals surface area (Å²) < 4.78 is 5.20. The molecule has 3 rings (SSSR count). The molecule has 1 saturated carbocycles. The average molecular weight is 387 g/mol. The molecule has 2 N–H and O–H groups in total. The first-order chi connectivity index (χ1) is 11.5. The maximum Gasteiger partial charge on any atom is 0.341 e. The van der Waals surface area contributed by atoms with Gasteiger partial charge in [-0.25, -0.2) is 4.79 Å². The van der Waals surface area contributed by atoms with Gasteiger partial charge >= 0.3 is 5.97 Å². The highest BCUT2D eigenvalue weighted by molar-refractivity contribution is 7.16. The fraction of sp³-hybridized carbons (Fsp3) is 0.667. The van der Waals surface area contributed by atoms with Gasteiger partial charge in [-0.15, -0.1) is 23.7 Å². The molecule has 1 aromatic heterocycles. The Morgan fingerprint density at radius 3 is 2.60 bits per heavy atom. The lowest BCUT2D eigenvalue weighted by Crippen LogP contribution is -2.31. The second-order valence-electron chi connectivity index (χ2n) is 6.77. The van der Waals surface area contributed by atoms with Crippen LogP contribution in [0.25, 0.3) is 0 Å². The summed E-state index contributed by atoms with van der Waals surface area (Å²) in [5.41, 5.74) is 1.73. The molecule has 140 valence electrons. The number of piperidine rings is 1. The molecule has 1 atom stereocenters. The van der Waals surface area contributed by atoms with Gasteiger partial charge in [0.1, 0.15) is 5.00 Å². The van der Waals surface area contributed by atoms with Gasteiger partial charge < -0.3 is 15.4 Å². The average Bonchev–Trinajstić information content (AvgIpc) is 3.15. The highest BCUT2D eigenvalue weighted by atomic mass is 35.5. The number of nitrogens with one attached hydrogen (secondary N) is 2. The highest BCUT2D eigenvalue weighted by Gasteiger charge is 2.57. The van der Waals surface area contributed by atoms with E-state index in [-0.39, 0.29) is 35.6 Å². The lowest BCUT2D eigenvalue weighted by Gasteiger charge is -2.23. The molecule has 0 bridgehead atoms. The molecule has 2 aliphatic rings. The van der Waals surface area contributed by atoms with Crippen molar-refractivity contribution < 1.29 is 14.3 Å². The Kier molecular flexibility index (Phi) is 6.51. The van der Waals surface area contributed by atoms with Crippen LogP contribution < -0.4 is 10.6 Å². The van der Waals surface area contributed by atoms with Crippen molar-refractivity contribution in [2.45, 2.75) is 46.5 Å². The van der Waals surface area contributed by atoms with Gasteiger partial charge in [0.2, 0.25) is 5.91 Å². The molecule has 25 heavy (non-hydrogen) atoms. The molecule has 0 aromatic carbocycles. The maximum absolute atomic E-state index is 12.7. The molecule has 1 unspecified atom stereocenters. The van der Waals surface area contributed by atoms with Crippen LogP contribution in [0.4, 0.5) is 5.00 Å². The van der Waals surface area contributed by atoms with Gasteiger partial charge in [0.25, 0.3) is 0 Å². The Bertz CT molecular complexity index is 653. The Morgan fingerprint density at radius 2 is 2.00 bits per heavy atom. The number of thiophene rings is 1. The van der Waals surface area contributed by atoms with Gasteiger partial charge in [-0.05, 0) is 63.6 Å². The molecule has 1 aromatic rings. The summed E-state index contributed by atoms with van der Waals surface area (Å²) in [6.07, 6.45) is 3.87. The molecular formula is C18H27ClN2O3S. The molecule has 1 saturated heterocycles. The predicted octanol–water partition coefficient (Wildman–Crippen LogP) is 3.55. The minimum Gasteiger partial charge on any atom is -0.462 e. The predicted molar refractivity (Wildman–Crippen MR) is 103 cm³/mol. The number of aryl methyl sites for hydroxylation is 1. The molecule has 2 heterocycles. The summed E-state index contributed by atoms with van der Waals surface area (Å²) >= 11 is 1.48. The van der Waals surface area contributed by atoms with Crippen LogP contribution in [-0.2, 0) is 16.0 Å². The number of esters is 1. The molecular weight excluding hydrogens is 360 g/mol. The summed E-state index contributed by atoms with van der Waals surface area (Å²) in [6.45, 7) is 8.14. The molecule has 7 heteroatoms. The van der Waals surface area contributed by atoms with Gasteiger partial charge in [0, 0.05) is 10.8 Å². The van der Waals surface area contributed by atoms with Crippen LogP contribution >= 0.6 is 23.7 Å².